The third-order valence-corrected chi connectivity index (χ3v) is 2.94. The van der Waals surface area contributed by atoms with Crippen molar-refractivity contribution in [1.82, 2.24) is 0 Å². The minimum atomic E-state index is -0.936. The standard InChI is InChI=1S/C12H13BrFNO3/c1-7-5-8(13)9(14)6-10(7)15-11(16)3-2-4-12(17)18/h5-6H,2-4H2,1H3,(H,15,16)(H,17,18). The number of anilines is 1. The van der Waals surface area contributed by atoms with Gasteiger partial charge in [0.2, 0.25) is 5.91 Å². The van der Waals surface area contributed by atoms with Crippen molar-refractivity contribution in [2.75, 3.05) is 5.32 Å². The van der Waals surface area contributed by atoms with Crippen molar-refractivity contribution < 1.29 is 19.1 Å². The summed E-state index contributed by atoms with van der Waals surface area (Å²) < 4.78 is 13.6. The number of carboxylic acid groups (broad SMARTS) is 1. The Balaban J connectivity index is 2.59. The Morgan fingerprint density at radius 2 is 2.06 bits per heavy atom. The van der Waals surface area contributed by atoms with Crippen LogP contribution in [0.25, 0.3) is 0 Å². The summed E-state index contributed by atoms with van der Waals surface area (Å²) in [6.45, 7) is 1.75. The molecule has 1 rings (SSSR count). The van der Waals surface area contributed by atoms with Gasteiger partial charge in [-0.25, -0.2) is 4.39 Å². The number of hydrogen-bond acceptors (Lipinski definition) is 2. The average Bonchev–Trinajstić information content (AvgIpc) is 2.25. The van der Waals surface area contributed by atoms with Gasteiger partial charge in [0.05, 0.1) is 4.47 Å². The van der Waals surface area contributed by atoms with Gasteiger partial charge in [-0.3, -0.25) is 9.59 Å². The van der Waals surface area contributed by atoms with Crippen molar-refractivity contribution in [3.63, 3.8) is 0 Å². The molecule has 0 aliphatic rings. The van der Waals surface area contributed by atoms with Crippen LogP contribution in [-0.2, 0) is 9.59 Å². The molecule has 1 aromatic rings. The molecular formula is C12H13BrFNO3. The lowest BCUT2D eigenvalue weighted by Crippen LogP contribution is -2.13. The smallest absolute Gasteiger partial charge is 0.303 e. The fourth-order valence-electron chi connectivity index (χ4n) is 1.39. The topological polar surface area (TPSA) is 66.4 Å². The molecule has 0 aromatic heterocycles. The minimum Gasteiger partial charge on any atom is -0.481 e. The van der Waals surface area contributed by atoms with Gasteiger partial charge in [0.25, 0.3) is 0 Å². The highest BCUT2D eigenvalue weighted by Gasteiger charge is 2.09. The first-order chi connectivity index (χ1) is 8.40. The van der Waals surface area contributed by atoms with E-state index in [1.54, 1.807) is 13.0 Å². The van der Waals surface area contributed by atoms with Gasteiger partial charge in [0, 0.05) is 18.5 Å². The normalized spacial score (nSPS) is 10.2. The lowest BCUT2D eigenvalue weighted by molar-refractivity contribution is -0.137. The zero-order valence-corrected chi connectivity index (χ0v) is 11.4. The molecule has 0 saturated carbocycles. The summed E-state index contributed by atoms with van der Waals surface area (Å²) in [5.41, 5.74) is 1.13. The maximum absolute atomic E-state index is 13.3. The van der Waals surface area contributed by atoms with Crippen molar-refractivity contribution in [1.29, 1.82) is 0 Å². The SMILES string of the molecule is Cc1cc(Br)c(F)cc1NC(=O)CCCC(=O)O. The molecule has 0 aliphatic carbocycles. The molecule has 18 heavy (non-hydrogen) atoms. The van der Waals surface area contributed by atoms with Crippen LogP contribution in [0.15, 0.2) is 16.6 Å². The van der Waals surface area contributed by atoms with Crippen molar-refractivity contribution in [3.8, 4) is 0 Å². The first-order valence-electron chi connectivity index (χ1n) is 5.37. The largest absolute Gasteiger partial charge is 0.481 e. The summed E-state index contributed by atoms with van der Waals surface area (Å²) in [6, 6.07) is 2.80. The molecular weight excluding hydrogens is 305 g/mol. The van der Waals surface area contributed by atoms with Crippen LogP contribution in [0.5, 0.6) is 0 Å². The summed E-state index contributed by atoms with van der Waals surface area (Å²) >= 11 is 3.05. The van der Waals surface area contributed by atoms with Gasteiger partial charge in [0.1, 0.15) is 5.82 Å². The van der Waals surface area contributed by atoms with Crippen LogP contribution >= 0.6 is 15.9 Å². The second-order valence-corrected chi connectivity index (χ2v) is 4.73. The highest BCUT2D eigenvalue weighted by molar-refractivity contribution is 9.10. The maximum atomic E-state index is 13.3. The van der Waals surface area contributed by atoms with Crippen LogP contribution in [0.4, 0.5) is 10.1 Å². The van der Waals surface area contributed by atoms with Crippen LogP contribution in [0, 0.1) is 12.7 Å². The van der Waals surface area contributed by atoms with E-state index in [0.717, 1.165) is 5.56 Å². The molecule has 0 bridgehead atoms. The summed E-state index contributed by atoms with van der Waals surface area (Å²) in [4.78, 5) is 21.8. The molecule has 0 fully saturated rings. The highest BCUT2D eigenvalue weighted by atomic mass is 79.9. The fraction of sp³-hybridized carbons (Fsp3) is 0.333. The number of halogens is 2. The zero-order valence-electron chi connectivity index (χ0n) is 9.80. The Kier molecular flexibility index (Phi) is 5.27. The van der Waals surface area contributed by atoms with E-state index in [9.17, 15) is 14.0 Å². The van der Waals surface area contributed by atoms with Crippen LogP contribution in [0.2, 0.25) is 0 Å². The van der Waals surface area contributed by atoms with Crippen molar-refractivity contribution >= 4 is 33.5 Å². The number of amides is 1. The predicted molar refractivity (Wildman–Crippen MR) is 69.0 cm³/mol. The Morgan fingerprint density at radius 1 is 1.39 bits per heavy atom. The summed E-state index contributed by atoms with van der Waals surface area (Å²) in [5.74, 6) is -1.71. The molecule has 0 heterocycles. The van der Waals surface area contributed by atoms with E-state index < -0.39 is 11.8 Å². The van der Waals surface area contributed by atoms with Crippen LogP contribution in [-0.4, -0.2) is 17.0 Å². The monoisotopic (exact) mass is 317 g/mol. The number of rotatable bonds is 5. The molecule has 2 N–H and O–H groups in total. The number of nitrogens with one attached hydrogen (secondary N) is 1. The zero-order chi connectivity index (χ0) is 13.7. The van der Waals surface area contributed by atoms with Gasteiger partial charge in [-0.2, -0.15) is 0 Å². The van der Waals surface area contributed by atoms with E-state index in [1.165, 1.54) is 6.07 Å². The van der Waals surface area contributed by atoms with E-state index in [1.807, 2.05) is 0 Å². The van der Waals surface area contributed by atoms with Gasteiger partial charge < -0.3 is 10.4 Å². The Labute approximate surface area is 112 Å². The third kappa shape index (κ3) is 4.44. The fourth-order valence-corrected chi connectivity index (χ4v) is 1.85. The minimum absolute atomic E-state index is 0.0545. The summed E-state index contributed by atoms with van der Waals surface area (Å²) in [7, 11) is 0. The number of benzene rings is 1. The number of carbonyl (C=O) groups excluding carboxylic acids is 1. The molecule has 0 saturated heterocycles. The highest BCUT2D eigenvalue weighted by Crippen LogP contribution is 2.24. The molecule has 6 heteroatoms. The first kappa shape index (κ1) is 14.6. The number of aliphatic carboxylic acids is 1. The average molecular weight is 318 g/mol. The van der Waals surface area contributed by atoms with Crippen molar-refractivity contribution in [3.05, 3.63) is 28.0 Å². The van der Waals surface area contributed by atoms with Crippen molar-refractivity contribution in [2.24, 2.45) is 0 Å². The van der Waals surface area contributed by atoms with Gasteiger partial charge in [0.15, 0.2) is 0 Å². The van der Waals surface area contributed by atoms with Crippen LogP contribution < -0.4 is 5.32 Å². The molecule has 0 spiro atoms. The Bertz CT molecular complexity index is 477. The van der Waals surface area contributed by atoms with Gasteiger partial charge in [-0.15, -0.1) is 0 Å². The molecule has 0 aliphatic heterocycles. The number of carboxylic acids is 1. The van der Waals surface area contributed by atoms with Crippen LogP contribution in [0.3, 0.4) is 0 Å². The molecule has 98 valence electrons. The molecule has 1 amide bonds. The summed E-state index contributed by atoms with van der Waals surface area (Å²) in [6.07, 6.45) is 0.309. The molecule has 0 atom stereocenters. The number of carbonyl (C=O) groups is 2. The van der Waals surface area contributed by atoms with Gasteiger partial charge in [-0.05, 0) is 47.0 Å². The van der Waals surface area contributed by atoms with Crippen LogP contribution in [0.1, 0.15) is 24.8 Å². The molecule has 0 radical (unpaired) electrons. The Hall–Kier alpha value is -1.43. The van der Waals surface area contributed by atoms with E-state index >= 15 is 0 Å². The lowest BCUT2D eigenvalue weighted by atomic mass is 10.2. The first-order valence-corrected chi connectivity index (χ1v) is 6.16. The van der Waals surface area contributed by atoms with Gasteiger partial charge >= 0.3 is 5.97 Å². The quantitative estimate of drug-likeness (QED) is 0.877. The van der Waals surface area contributed by atoms with Crippen molar-refractivity contribution in [2.45, 2.75) is 26.2 Å². The number of hydrogen-bond donors (Lipinski definition) is 2. The van der Waals surface area contributed by atoms with E-state index in [0.29, 0.717) is 10.2 Å². The number of aryl methyl sites for hydroxylation is 1. The Morgan fingerprint density at radius 3 is 2.67 bits per heavy atom. The maximum Gasteiger partial charge on any atom is 0.303 e. The summed E-state index contributed by atoms with van der Waals surface area (Å²) in [5, 5.41) is 11.0. The molecule has 4 nitrogen and oxygen atoms in total. The van der Waals surface area contributed by atoms with E-state index in [2.05, 4.69) is 21.2 Å². The molecule has 1 aromatic carbocycles. The second-order valence-electron chi connectivity index (χ2n) is 3.88. The molecule has 0 unspecified atom stereocenters. The van der Waals surface area contributed by atoms with E-state index in [4.69, 9.17) is 5.11 Å². The lowest BCUT2D eigenvalue weighted by Gasteiger charge is -2.09. The third-order valence-electron chi connectivity index (χ3n) is 2.34. The van der Waals surface area contributed by atoms with Gasteiger partial charge in [-0.1, -0.05) is 0 Å². The predicted octanol–water partition coefficient (Wildman–Crippen LogP) is 3.09. The second kappa shape index (κ2) is 6.49. The van der Waals surface area contributed by atoms with E-state index in [-0.39, 0.29) is 25.2 Å².